The van der Waals surface area contributed by atoms with E-state index in [1.54, 1.807) is 0 Å². The third kappa shape index (κ3) is 9.14. The van der Waals surface area contributed by atoms with Crippen LogP contribution < -0.4 is 16.0 Å². The molecule has 0 heterocycles. The second kappa shape index (κ2) is 14.3. The van der Waals surface area contributed by atoms with Gasteiger partial charge in [-0.05, 0) is 37.1 Å². The minimum atomic E-state index is 0. The van der Waals surface area contributed by atoms with Crippen LogP contribution in [0.3, 0.4) is 0 Å². The Labute approximate surface area is 175 Å². The molecule has 0 unspecified atom stereocenters. The number of para-hydroxylation sites is 2. The predicted molar refractivity (Wildman–Crippen MR) is 120 cm³/mol. The standard InChI is InChI=1S/C21H29N3O.2ClH/c1-24(17-18-11-5-4-6-12-18)20-14-9-8-13-19(20)23-21(25)15-7-2-3-10-16-22;;/h4-6,8-9,11-14H,2-3,7,10,15-17,22H2,1H3,(H,23,25);2*1H. The first-order valence-corrected chi connectivity index (χ1v) is 9.04. The Balaban J connectivity index is 0.00000338. The molecule has 0 aromatic heterocycles. The predicted octanol–water partition coefficient (Wildman–Crippen LogP) is 5.01. The molecule has 0 saturated carbocycles. The second-order valence-corrected chi connectivity index (χ2v) is 6.36. The summed E-state index contributed by atoms with van der Waals surface area (Å²) < 4.78 is 0. The average Bonchev–Trinajstić information content (AvgIpc) is 2.63. The molecular formula is C21H31Cl2N3O. The van der Waals surface area contributed by atoms with E-state index in [2.05, 4.69) is 22.3 Å². The third-order valence-electron chi connectivity index (χ3n) is 4.21. The lowest BCUT2D eigenvalue weighted by molar-refractivity contribution is -0.116. The van der Waals surface area contributed by atoms with Gasteiger partial charge >= 0.3 is 0 Å². The van der Waals surface area contributed by atoms with Crippen LogP contribution >= 0.6 is 24.8 Å². The van der Waals surface area contributed by atoms with Gasteiger partial charge in [-0.25, -0.2) is 0 Å². The number of hydrogen-bond acceptors (Lipinski definition) is 3. The maximum absolute atomic E-state index is 12.2. The van der Waals surface area contributed by atoms with Crippen LogP contribution in [0.1, 0.15) is 37.7 Å². The van der Waals surface area contributed by atoms with Crippen LogP contribution in [0.25, 0.3) is 0 Å². The summed E-state index contributed by atoms with van der Waals surface area (Å²) in [5.41, 5.74) is 8.63. The molecular weight excluding hydrogens is 381 g/mol. The van der Waals surface area contributed by atoms with Crippen molar-refractivity contribution in [2.75, 3.05) is 23.8 Å². The molecule has 3 N–H and O–H groups in total. The van der Waals surface area contributed by atoms with E-state index in [0.717, 1.165) is 50.1 Å². The summed E-state index contributed by atoms with van der Waals surface area (Å²) in [6.07, 6.45) is 4.66. The molecule has 0 aliphatic heterocycles. The molecule has 1 amide bonds. The van der Waals surface area contributed by atoms with Gasteiger partial charge < -0.3 is 16.0 Å². The van der Waals surface area contributed by atoms with Crippen molar-refractivity contribution in [2.24, 2.45) is 5.73 Å². The summed E-state index contributed by atoms with van der Waals surface area (Å²) in [6.45, 7) is 1.53. The Kier molecular flexibility index (Phi) is 13.4. The van der Waals surface area contributed by atoms with Gasteiger partial charge in [0.05, 0.1) is 11.4 Å². The lowest BCUT2D eigenvalue weighted by atomic mass is 10.1. The molecule has 4 nitrogen and oxygen atoms in total. The van der Waals surface area contributed by atoms with E-state index in [9.17, 15) is 4.79 Å². The number of nitrogens with one attached hydrogen (secondary N) is 1. The highest BCUT2D eigenvalue weighted by Gasteiger charge is 2.10. The third-order valence-corrected chi connectivity index (χ3v) is 4.21. The zero-order valence-corrected chi connectivity index (χ0v) is 17.5. The molecule has 0 fully saturated rings. The van der Waals surface area contributed by atoms with Gasteiger partial charge in [0.1, 0.15) is 0 Å². The van der Waals surface area contributed by atoms with Crippen LogP contribution in [0, 0.1) is 0 Å². The molecule has 0 atom stereocenters. The molecule has 0 aliphatic carbocycles. The highest BCUT2D eigenvalue weighted by atomic mass is 35.5. The molecule has 0 saturated heterocycles. The van der Waals surface area contributed by atoms with E-state index in [0.29, 0.717) is 6.42 Å². The number of rotatable bonds is 10. The van der Waals surface area contributed by atoms with Crippen LogP contribution in [0.5, 0.6) is 0 Å². The maximum Gasteiger partial charge on any atom is 0.224 e. The Hall–Kier alpha value is -1.75. The lowest BCUT2D eigenvalue weighted by Gasteiger charge is -2.23. The van der Waals surface area contributed by atoms with Crippen molar-refractivity contribution in [3.8, 4) is 0 Å². The largest absolute Gasteiger partial charge is 0.369 e. The van der Waals surface area contributed by atoms with Crippen molar-refractivity contribution in [1.82, 2.24) is 0 Å². The molecule has 6 heteroatoms. The summed E-state index contributed by atoms with van der Waals surface area (Å²) >= 11 is 0. The number of anilines is 2. The smallest absolute Gasteiger partial charge is 0.224 e. The Morgan fingerprint density at radius 2 is 1.56 bits per heavy atom. The monoisotopic (exact) mass is 411 g/mol. The molecule has 2 aromatic rings. The van der Waals surface area contributed by atoms with E-state index in [4.69, 9.17) is 5.73 Å². The first kappa shape index (κ1) is 25.2. The Morgan fingerprint density at radius 1 is 0.926 bits per heavy atom. The molecule has 2 aromatic carbocycles. The summed E-state index contributed by atoms with van der Waals surface area (Å²) in [5, 5.41) is 3.06. The molecule has 0 aliphatic rings. The zero-order chi connectivity index (χ0) is 17.9. The van der Waals surface area contributed by atoms with E-state index in [1.165, 1.54) is 5.56 Å². The second-order valence-electron chi connectivity index (χ2n) is 6.36. The number of nitrogens with two attached hydrogens (primary N) is 1. The number of unbranched alkanes of at least 4 members (excludes halogenated alkanes) is 3. The van der Waals surface area contributed by atoms with Gasteiger partial charge in [0.25, 0.3) is 0 Å². The number of carbonyl (C=O) groups excluding carboxylic acids is 1. The fourth-order valence-corrected chi connectivity index (χ4v) is 2.85. The van der Waals surface area contributed by atoms with Gasteiger partial charge in [-0.2, -0.15) is 0 Å². The number of nitrogens with zero attached hydrogens (tertiary/aromatic N) is 1. The summed E-state index contributed by atoms with van der Waals surface area (Å²) in [4.78, 5) is 14.4. The molecule has 0 bridgehead atoms. The first-order chi connectivity index (χ1) is 12.2. The highest BCUT2D eigenvalue weighted by Crippen LogP contribution is 2.26. The van der Waals surface area contributed by atoms with Crippen LogP contribution in [0.4, 0.5) is 11.4 Å². The van der Waals surface area contributed by atoms with Crippen LogP contribution in [-0.2, 0) is 11.3 Å². The van der Waals surface area contributed by atoms with Crippen molar-refractivity contribution in [1.29, 1.82) is 0 Å². The maximum atomic E-state index is 12.2. The van der Waals surface area contributed by atoms with Gasteiger partial charge in [0, 0.05) is 20.0 Å². The van der Waals surface area contributed by atoms with Gasteiger partial charge in [0.15, 0.2) is 0 Å². The topological polar surface area (TPSA) is 58.4 Å². The number of halogens is 2. The molecule has 0 radical (unpaired) electrons. The lowest BCUT2D eigenvalue weighted by Crippen LogP contribution is -2.20. The van der Waals surface area contributed by atoms with Gasteiger partial charge in [-0.3, -0.25) is 4.79 Å². The number of amides is 1. The molecule has 150 valence electrons. The van der Waals surface area contributed by atoms with E-state index in [1.807, 2.05) is 49.5 Å². The zero-order valence-electron chi connectivity index (χ0n) is 15.9. The minimum Gasteiger partial charge on any atom is -0.369 e. The van der Waals surface area contributed by atoms with Crippen molar-refractivity contribution in [3.63, 3.8) is 0 Å². The Morgan fingerprint density at radius 3 is 2.26 bits per heavy atom. The first-order valence-electron chi connectivity index (χ1n) is 9.04. The van der Waals surface area contributed by atoms with Crippen molar-refractivity contribution < 1.29 is 4.79 Å². The van der Waals surface area contributed by atoms with Crippen LogP contribution in [0.15, 0.2) is 54.6 Å². The minimum absolute atomic E-state index is 0. The van der Waals surface area contributed by atoms with Crippen LogP contribution in [-0.4, -0.2) is 19.5 Å². The van der Waals surface area contributed by atoms with Gasteiger partial charge in [-0.15, -0.1) is 24.8 Å². The Bertz CT molecular complexity index is 653. The van der Waals surface area contributed by atoms with E-state index in [-0.39, 0.29) is 30.7 Å². The fourth-order valence-electron chi connectivity index (χ4n) is 2.85. The van der Waals surface area contributed by atoms with Crippen LogP contribution in [0.2, 0.25) is 0 Å². The van der Waals surface area contributed by atoms with E-state index >= 15 is 0 Å². The van der Waals surface area contributed by atoms with Gasteiger partial charge in [-0.1, -0.05) is 55.3 Å². The average molecular weight is 412 g/mol. The SMILES string of the molecule is CN(Cc1ccccc1)c1ccccc1NC(=O)CCCCCCN.Cl.Cl. The highest BCUT2D eigenvalue weighted by molar-refractivity contribution is 5.94. The normalized spacial score (nSPS) is 9.70. The summed E-state index contributed by atoms with van der Waals surface area (Å²) in [5.74, 6) is 0.0771. The quantitative estimate of drug-likeness (QED) is 0.539. The summed E-state index contributed by atoms with van der Waals surface area (Å²) in [6, 6.07) is 18.3. The number of benzene rings is 2. The van der Waals surface area contributed by atoms with Crippen molar-refractivity contribution in [3.05, 3.63) is 60.2 Å². The summed E-state index contributed by atoms with van der Waals surface area (Å²) in [7, 11) is 2.05. The molecule has 0 spiro atoms. The van der Waals surface area contributed by atoms with Crippen molar-refractivity contribution >= 4 is 42.1 Å². The number of hydrogen-bond donors (Lipinski definition) is 2. The fraction of sp³-hybridized carbons (Fsp3) is 0.381. The van der Waals surface area contributed by atoms with Crippen molar-refractivity contribution in [2.45, 2.75) is 38.6 Å². The van der Waals surface area contributed by atoms with E-state index < -0.39 is 0 Å². The van der Waals surface area contributed by atoms with Gasteiger partial charge in [0.2, 0.25) is 5.91 Å². The molecule has 2 rings (SSSR count). The number of carbonyl (C=O) groups is 1. The molecule has 27 heavy (non-hydrogen) atoms.